The average Bonchev–Trinajstić information content (AvgIpc) is 2.94. The van der Waals surface area contributed by atoms with Gasteiger partial charge in [-0.1, -0.05) is 6.07 Å². The molecular weight excluding hydrogens is 292 g/mol. The Labute approximate surface area is 125 Å². The molecule has 0 unspecified atom stereocenters. The molecule has 0 bridgehead atoms. The molecule has 0 amide bonds. The molecular formula is C14H20N2O4S. The molecule has 21 heavy (non-hydrogen) atoms. The van der Waals surface area contributed by atoms with Gasteiger partial charge in [0.2, 0.25) is 10.0 Å². The van der Waals surface area contributed by atoms with Crippen molar-refractivity contribution in [1.82, 2.24) is 9.29 Å². The lowest BCUT2D eigenvalue weighted by molar-refractivity contribution is -0.179. The molecule has 0 aliphatic carbocycles. The molecule has 3 rings (SSSR count). The number of ether oxygens (including phenoxy) is 2. The van der Waals surface area contributed by atoms with Gasteiger partial charge in [0.25, 0.3) is 0 Å². The lowest BCUT2D eigenvalue weighted by Crippen LogP contribution is -2.51. The van der Waals surface area contributed by atoms with Crippen LogP contribution in [0.2, 0.25) is 0 Å². The fourth-order valence-corrected chi connectivity index (χ4v) is 4.36. The van der Waals surface area contributed by atoms with E-state index in [2.05, 4.69) is 4.98 Å². The minimum atomic E-state index is -3.31. The SMILES string of the molecule is O=S(=O)(CCc1ccccn1)N1CCCC2(C1)OCCO2. The number of sulfonamides is 1. The topological polar surface area (TPSA) is 68.7 Å². The zero-order valence-electron chi connectivity index (χ0n) is 11.9. The van der Waals surface area contributed by atoms with Crippen LogP contribution in [0, 0.1) is 0 Å². The van der Waals surface area contributed by atoms with Crippen LogP contribution in [0.1, 0.15) is 18.5 Å². The first kappa shape index (κ1) is 14.9. The highest BCUT2D eigenvalue weighted by Crippen LogP contribution is 2.31. The molecule has 2 saturated heterocycles. The number of nitrogens with zero attached hydrogens (tertiary/aromatic N) is 2. The largest absolute Gasteiger partial charge is 0.346 e. The highest BCUT2D eigenvalue weighted by molar-refractivity contribution is 7.89. The van der Waals surface area contributed by atoms with Crippen molar-refractivity contribution >= 4 is 10.0 Å². The van der Waals surface area contributed by atoms with Gasteiger partial charge in [-0.25, -0.2) is 8.42 Å². The monoisotopic (exact) mass is 312 g/mol. The quantitative estimate of drug-likeness (QED) is 0.822. The molecule has 6 nitrogen and oxygen atoms in total. The van der Waals surface area contributed by atoms with Crippen LogP contribution in [0.4, 0.5) is 0 Å². The fourth-order valence-electron chi connectivity index (χ4n) is 2.83. The third kappa shape index (κ3) is 3.42. The third-order valence-corrected chi connectivity index (χ3v) is 5.75. The van der Waals surface area contributed by atoms with E-state index in [0.717, 1.165) is 18.5 Å². The molecule has 2 aliphatic heterocycles. The predicted octanol–water partition coefficient (Wildman–Crippen LogP) is 0.793. The third-order valence-electron chi connectivity index (χ3n) is 3.93. The second-order valence-electron chi connectivity index (χ2n) is 5.43. The van der Waals surface area contributed by atoms with E-state index >= 15 is 0 Å². The summed E-state index contributed by atoms with van der Waals surface area (Å²) in [6.45, 7) is 1.93. The first-order valence-corrected chi connectivity index (χ1v) is 8.86. The van der Waals surface area contributed by atoms with Gasteiger partial charge in [0, 0.05) is 31.3 Å². The smallest absolute Gasteiger partial charge is 0.214 e. The Morgan fingerprint density at radius 1 is 1.29 bits per heavy atom. The molecule has 1 aromatic rings. The molecule has 0 saturated carbocycles. The normalized spacial score (nSPS) is 22.7. The molecule has 3 heterocycles. The summed E-state index contributed by atoms with van der Waals surface area (Å²) in [5.41, 5.74) is 0.793. The highest BCUT2D eigenvalue weighted by atomic mass is 32.2. The Morgan fingerprint density at radius 3 is 2.81 bits per heavy atom. The molecule has 2 aliphatic rings. The summed E-state index contributed by atoms with van der Waals surface area (Å²) in [5.74, 6) is -0.642. The van der Waals surface area contributed by atoms with Crippen LogP contribution in [0.15, 0.2) is 24.4 Å². The lowest BCUT2D eigenvalue weighted by atomic mass is 10.1. The Bertz CT molecular complexity index is 570. The molecule has 1 aromatic heterocycles. The van der Waals surface area contributed by atoms with Crippen molar-refractivity contribution in [2.45, 2.75) is 25.0 Å². The number of aromatic nitrogens is 1. The van der Waals surface area contributed by atoms with Crippen molar-refractivity contribution in [2.24, 2.45) is 0 Å². The summed E-state index contributed by atoms with van der Waals surface area (Å²) >= 11 is 0. The van der Waals surface area contributed by atoms with Crippen LogP contribution in [0.25, 0.3) is 0 Å². The standard InChI is InChI=1S/C14H20N2O4S/c17-21(18,11-5-13-4-1-2-7-15-13)16-8-3-6-14(12-16)19-9-10-20-14/h1-2,4,7H,3,5-6,8-12H2. The average molecular weight is 312 g/mol. The van der Waals surface area contributed by atoms with Gasteiger partial charge in [-0.2, -0.15) is 4.31 Å². The van der Waals surface area contributed by atoms with E-state index < -0.39 is 15.8 Å². The van der Waals surface area contributed by atoms with Gasteiger partial charge < -0.3 is 9.47 Å². The van der Waals surface area contributed by atoms with E-state index in [9.17, 15) is 8.42 Å². The maximum absolute atomic E-state index is 12.5. The van der Waals surface area contributed by atoms with Gasteiger partial charge in [0.1, 0.15) is 0 Å². The summed E-state index contributed by atoms with van der Waals surface area (Å²) in [6.07, 6.45) is 3.63. The first-order chi connectivity index (χ1) is 10.1. The van der Waals surface area contributed by atoms with Crippen LogP contribution in [-0.4, -0.2) is 55.6 Å². The van der Waals surface area contributed by atoms with Crippen LogP contribution in [0.3, 0.4) is 0 Å². The zero-order valence-corrected chi connectivity index (χ0v) is 12.7. The number of rotatable bonds is 4. The lowest BCUT2D eigenvalue weighted by Gasteiger charge is -2.37. The number of hydrogen-bond acceptors (Lipinski definition) is 5. The second kappa shape index (κ2) is 6.00. The van der Waals surface area contributed by atoms with Gasteiger partial charge in [0.05, 0.1) is 25.5 Å². The molecule has 116 valence electrons. The summed E-state index contributed by atoms with van der Waals surface area (Å²) in [6, 6.07) is 5.53. The van der Waals surface area contributed by atoms with E-state index in [1.54, 1.807) is 6.20 Å². The maximum Gasteiger partial charge on any atom is 0.214 e. The Morgan fingerprint density at radius 2 is 2.10 bits per heavy atom. The summed E-state index contributed by atoms with van der Waals surface area (Å²) in [7, 11) is -3.31. The van der Waals surface area contributed by atoms with Crippen LogP contribution < -0.4 is 0 Å². The van der Waals surface area contributed by atoms with Crippen molar-refractivity contribution in [1.29, 1.82) is 0 Å². The minimum absolute atomic E-state index is 0.0695. The van der Waals surface area contributed by atoms with Gasteiger partial charge in [-0.3, -0.25) is 4.98 Å². The molecule has 0 radical (unpaired) electrons. The zero-order chi connectivity index (χ0) is 14.8. The molecule has 0 atom stereocenters. The molecule has 2 fully saturated rings. The van der Waals surface area contributed by atoms with Gasteiger partial charge in [-0.15, -0.1) is 0 Å². The molecule has 0 N–H and O–H groups in total. The van der Waals surface area contributed by atoms with E-state index in [1.807, 2.05) is 18.2 Å². The predicted molar refractivity (Wildman–Crippen MR) is 77.2 cm³/mol. The fraction of sp³-hybridized carbons (Fsp3) is 0.643. The van der Waals surface area contributed by atoms with Gasteiger partial charge in [0.15, 0.2) is 5.79 Å². The minimum Gasteiger partial charge on any atom is -0.346 e. The van der Waals surface area contributed by atoms with Crippen molar-refractivity contribution < 1.29 is 17.9 Å². The number of hydrogen-bond donors (Lipinski definition) is 0. The van der Waals surface area contributed by atoms with Gasteiger partial charge >= 0.3 is 0 Å². The van der Waals surface area contributed by atoms with E-state index in [0.29, 0.717) is 32.7 Å². The van der Waals surface area contributed by atoms with Crippen molar-refractivity contribution in [2.75, 3.05) is 32.1 Å². The molecule has 7 heteroatoms. The van der Waals surface area contributed by atoms with E-state index in [1.165, 1.54) is 4.31 Å². The van der Waals surface area contributed by atoms with Crippen LogP contribution >= 0.6 is 0 Å². The van der Waals surface area contributed by atoms with Gasteiger partial charge in [-0.05, 0) is 18.6 Å². The van der Waals surface area contributed by atoms with E-state index in [4.69, 9.17) is 9.47 Å². The Balaban J connectivity index is 1.64. The number of pyridine rings is 1. The van der Waals surface area contributed by atoms with Crippen LogP contribution in [0.5, 0.6) is 0 Å². The van der Waals surface area contributed by atoms with Crippen molar-refractivity contribution in [3.63, 3.8) is 0 Å². The Hall–Kier alpha value is -1.02. The summed E-state index contributed by atoms with van der Waals surface area (Å²) < 4.78 is 37.7. The second-order valence-corrected chi connectivity index (χ2v) is 7.52. The Kier molecular flexibility index (Phi) is 4.26. The number of aryl methyl sites for hydroxylation is 1. The van der Waals surface area contributed by atoms with Crippen molar-refractivity contribution in [3.8, 4) is 0 Å². The van der Waals surface area contributed by atoms with Crippen LogP contribution in [-0.2, 0) is 25.9 Å². The molecule has 1 spiro atoms. The highest BCUT2D eigenvalue weighted by Gasteiger charge is 2.43. The maximum atomic E-state index is 12.5. The van der Waals surface area contributed by atoms with Crippen molar-refractivity contribution in [3.05, 3.63) is 30.1 Å². The number of piperidine rings is 1. The summed E-state index contributed by atoms with van der Waals surface area (Å²) in [4.78, 5) is 4.17. The summed E-state index contributed by atoms with van der Waals surface area (Å²) in [5, 5.41) is 0. The first-order valence-electron chi connectivity index (χ1n) is 7.25. The van der Waals surface area contributed by atoms with E-state index in [-0.39, 0.29) is 5.75 Å². The molecule has 0 aromatic carbocycles.